The van der Waals surface area contributed by atoms with Gasteiger partial charge in [-0.25, -0.2) is 8.42 Å². The summed E-state index contributed by atoms with van der Waals surface area (Å²) >= 11 is 4.92. The van der Waals surface area contributed by atoms with E-state index in [9.17, 15) is 8.42 Å². The molecule has 118 valence electrons. The summed E-state index contributed by atoms with van der Waals surface area (Å²) in [5.74, 6) is 0.872. The largest absolute Gasteiger partial charge is 0.489 e. The summed E-state index contributed by atoms with van der Waals surface area (Å²) in [5.41, 5.74) is 0. The first kappa shape index (κ1) is 16.0. The Morgan fingerprint density at radius 2 is 1.91 bits per heavy atom. The van der Waals surface area contributed by atoms with Crippen LogP contribution in [0.3, 0.4) is 0 Å². The molecule has 2 aromatic rings. The molecular formula is C15H16BrNO3S2. The Hall–Kier alpha value is -0.890. The van der Waals surface area contributed by atoms with E-state index >= 15 is 0 Å². The Labute approximate surface area is 142 Å². The van der Waals surface area contributed by atoms with Crippen molar-refractivity contribution in [3.8, 4) is 5.75 Å². The normalized spacial score (nSPS) is 17.5. The van der Waals surface area contributed by atoms with Crippen LogP contribution in [-0.2, 0) is 10.0 Å². The third kappa shape index (κ3) is 3.37. The SMILES string of the molecule is O=S(=O)(c1ccccc1Br)N1CCC(Oc2ccsc2)CC1. The van der Waals surface area contributed by atoms with Gasteiger partial charge in [0.25, 0.3) is 0 Å². The summed E-state index contributed by atoms with van der Waals surface area (Å²) in [7, 11) is -3.45. The molecule has 0 bridgehead atoms. The van der Waals surface area contributed by atoms with Gasteiger partial charge in [0, 0.05) is 22.9 Å². The molecule has 3 rings (SSSR count). The van der Waals surface area contributed by atoms with Gasteiger partial charge < -0.3 is 4.74 Å². The topological polar surface area (TPSA) is 46.6 Å². The molecule has 0 atom stereocenters. The first-order valence-electron chi connectivity index (χ1n) is 7.01. The van der Waals surface area contributed by atoms with Gasteiger partial charge in [0.2, 0.25) is 10.0 Å². The summed E-state index contributed by atoms with van der Waals surface area (Å²) in [6, 6.07) is 8.87. The van der Waals surface area contributed by atoms with E-state index < -0.39 is 10.0 Å². The van der Waals surface area contributed by atoms with Gasteiger partial charge in [0.15, 0.2) is 0 Å². The molecule has 1 aliphatic heterocycles. The number of benzene rings is 1. The minimum Gasteiger partial charge on any atom is -0.489 e. The van der Waals surface area contributed by atoms with Crippen LogP contribution in [0.2, 0.25) is 0 Å². The highest BCUT2D eigenvalue weighted by molar-refractivity contribution is 9.10. The third-order valence-electron chi connectivity index (χ3n) is 3.65. The van der Waals surface area contributed by atoms with E-state index in [0.29, 0.717) is 35.3 Å². The number of thiophene rings is 1. The van der Waals surface area contributed by atoms with Crippen molar-refractivity contribution in [1.82, 2.24) is 4.31 Å². The van der Waals surface area contributed by atoms with Gasteiger partial charge in [0.1, 0.15) is 11.9 Å². The average Bonchev–Trinajstić information content (AvgIpc) is 3.01. The average molecular weight is 402 g/mol. The van der Waals surface area contributed by atoms with E-state index in [1.807, 2.05) is 22.9 Å². The van der Waals surface area contributed by atoms with Gasteiger partial charge in [-0.2, -0.15) is 4.31 Å². The Balaban J connectivity index is 1.67. The highest BCUT2D eigenvalue weighted by Gasteiger charge is 2.31. The zero-order valence-electron chi connectivity index (χ0n) is 11.8. The van der Waals surface area contributed by atoms with Gasteiger partial charge in [-0.05, 0) is 52.4 Å². The smallest absolute Gasteiger partial charge is 0.244 e. The standard InChI is InChI=1S/C15H16BrNO3S2/c16-14-3-1-2-4-15(14)22(18,19)17-8-5-12(6-9-17)20-13-7-10-21-11-13/h1-4,7,10-12H,5-6,8-9H2. The number of hydrogen-bond acceptors (Lipinski definition) is 4. The maximum absolute atomic E-state index is 12.7. The van der Waals surface area contributed by atoms with E-state index in [1.165, 1.54) is 0 Å². The Morgan fingerprint density at radius 3 is 2.55 bits per heavy atom. The molecule has 4 nitrogen and oxygen atoms in total. The molecule has 0 amide bonds. The molecule has 0 unspecified atom stereocenters. The first-order valence-corrected chi connectivity index (χ1v) is 10.2. The van der Waals surface area contributed by atoms with Crippen LogP contribution in [0.25, 0.3) is 0 Å². The molecule has 0 spiro atoms. The number of halogens is 1. The van der Waals surface area contributed by atoms with Crippen LogP contribution in [0.5, 0.6) is 5.75 Å². The maximum atomic E-state index is 12.7. The lowest BCUT2D eigenvalue weighted by Gasteiger charge is -2.31. The highest BCUT2D eigenvalue weighted by Crippen LogP contribution is 2.28. The quantitative estimate of drug-likeness (QED) is 0.783. The second kappa shape index (κ2) is 6.70. The number of sulfonamides is 1. The number of nitrogens with zero attached hydrogens (tertiary/aromatic N) is 1. The van der Waals surface area contributed by atoms with Gasteiger partial charge in [-0.3, -0.25) is 0 Å². The Bertz CT molecular complexity index is 723. The van der Waals surface area contributed by atoms with Gasteiger partial charge in [-0.1, -0.05) is 12.1 Å². The van der Waals surface area contributed by atoms with Crippen LogP contribution in [0.15, 0.2) is 50.5 Å². The third-order valence-corrected chi connectivity index (χ3v) is 7.23. The van der Waals surface area contributed by atoms with Crippen LogP contribution in [0.1, 0.15) is 12.8 Å². The predicted octanol–water partition coefficient (Wildman–Crippen LogP) is 3.74. The van der Waals surface area contributed by atoms with E-state index in [0.717, 1.165) is 5.75 Å². The number of piperidine rings is 1. The summed E-state index contributed by atoms with van der Waals surface area (Å²) in [5, 5.41) is 3.94. The minimum atomic E-state index is -3.45. The molecule has 1 aliphatic rings. The predicted molar refractivity (Wildman–Crippen MR) is 90.9 cm³/mol. The molecular weight excluding hydrogens is 386 g/mol. The minimum absolute atomic E-state index is 0.0836. The van der Waals surface area contributed by atoms with Crippen molar-refractivity contribution in [1.29, 1.82) is 0 Å². The van der Waals surface area contributed by atoms with Gasteiger partial charge >= 0.3 is 0 Å². The molecule has 0 saturated carbocycles. The summed E-state index contributed by atoms with van der Waals surface area (Å²) in [6.07, 6.45) is 1.50. The van der Waals surface area contributed by atoms with Crippen LogP contribution in [-0.4, -0.2) is 31.9 Å². The van der Waals surface area contributed by atoms with Crippen molar-refractivity contribution in [2.75, 3.05) is 13.1 Å². The van der Waals surface area contributed by atoms with Crippen molar-refractivity contribution in [3.63, 3.8) is 0 Å². The molecule has 1 aromatic heterocycles. The van der Waals surface area contributed by atoms with Gasteiger partial charge in [0.05, 0.1) is 4.90 Å². The van der Waals surface area contributed by atoms with Gasteiger partial charge in [-0.15, -0.1) is 11.3 Å². The second-order valence-corrected chi connectivity index (χ2v) is 8.65. The Kier molecular flexibility index (Phi) is 4.87. The summed E-state index contributed by atoms with van der Waals surface area (Å²) in [4.78, 5) is 0.326. The summed E-state index contributed by atoms with van der Waals surface area (Å²) < 4.78 is 33.4. The first-order chi connectivity index (χ1) is 10.6. The lowest BCUT2D eigenvalue weighted by atomic mass is 10.1. The zero-order chi connectivity index (χ0) is 15.6. The number of ether oxygens (including phenoxy) is 1. The second-order valence-electron chi connectivity index (χ2n) is 5.11. The lowest BCUT2D eigenvalue weighted by molar-refractivity contribution is 0.135. The Morgan fingerprint density at radius 1 is 1.18 bits per heavy atom. The molecule has 1 aromatic carbocycles. The van der Waals surface area contributed by atoms with E-state index in [-0.39, 0.29) is 6.10 Å². The number of rotatable bonds is 4. The zero-order valence-corrected chi connectivity index (χ0v) is 15.0. The van der Waals surface area contributed by atoms with E-state index in [4.69, 9.17) is 4.74 Å². The van der Waals surface area contributed by atoms with Crippen LogP contribution < -0.4 is 4.74 Å². The molecule has 0 aliphatic carbocycles. The van der Waals surface area contributed by atoms with Crippen molar-refractivity contribution >= 4 is 37.3 Å². The molecule has 0 radical (unpaired) electrons. The molecule has 22 heavy (non-hydrogen) atoms. The van der Waals surface area contributed by atoms with Crippen molar-refractivity contribution < 1.29 is 13.2 Å². The number of hydrogen-bond donors (Lipinski definition) is 0. The van der Waals surface area contributed by atoms with E-state index in [2.05, 4.69) is 15.9 Å². The molecule has 0 N–H and O–H groups in total. The fourth-order valence-corrected chi connectivity index (χ4v) is 5.49. The molecule has 7 heteroatoms. The van der Waals surface area contributed by atoms with Crippen LogP contribution >= 0.6 is 27.3 Å². The molecule has 1 saturated heterocycles. The van der Waals surface area contributed by atoms with E-state index in [1.54, 1.807) is 33.8 Å². The fourth-order valence-electron chi connectivity index (χ4n) is 2.49. The maximum Gasteiger partial charge on any atom is 0.244 e. The highest BCUT2D eigenvalue weighted by atomic mass is 79.9. The van der Waals surface area contributed by atoms with Crippen LogP contribution in [0, 0.1) is 0 Å². The van der Waals surface area contributed by atoms with Crippen LogP contribution in [0.4, 0.5) is 0 Å². The van der Waals surface area contributed by atoms with Crippen molar-refractivity contribution in [2.24, 2.45) is 0 Å². The van der Waals surface area contributed by atoms with Crippen molar-refractivity contribution in [3.05, 3.63) is 45.6 Å². The molecule has 1 fully saturated rings. The molecule has 2 heterocycles. The lowest BCUT2D eigenvalue weighted by Crippen LogP contribution is -2.41. The monoisotopic (exact) mass is 401 g/mol. The summed E-state index contributed by atoms with van der Waals surface area (Å²) in [6.45, 7) is 0.969. The van der Waals surface area contributed by atoms with Crippen molar-refractivity contribution in [2.45, 2.75) is 23.8 Å². The fraction of sp³-hybridized carbons (Fsp3) is 0.333.